The third kappa shape index (κ3) is 5.05. The summed E-state index contributed by atoms with van der Waals surface area (Å²) in [5, 5.41) is 0. The maximum atomic E-state index is 5.21. The Hall–Kier alpha value is 0.469. The highest BCUT2D eigenvalue weighted by Crippen LogP contribution is 2.77. The summed E-state index contributed by atoms with van der Waals surface area (Å²) < 4.78 is 10.4. The summed E-state index contributed by atoms with van der Waals surface area (Å²) in [7, 11) is -1.72. The minimum absolute atomic E-state index is 0.0747. The van der Waals surface area contributed by atoms with Crippen LogP contribution in [0.15, 0.2) is 35.1 Å². The Labute approximate surface area is 168 Å². The Morgan fingerprint density at radius 3 is 1.60 bits per heavy atom. The normalized spacial score (nSPS) is 20.1. The highest BCUT2D eigenvalue weighted by atomic mass is 32.7. The predicted molar refractivity (Wildman–Crippen MR) is 123 cm³/mol. The first-order valence-corrected chi connectivity index (χ1v) is 17.0. The van der Waals surface area contributed by atoms with Gasteiger partial charge in [-0.2, -0.15) is 0 Å². The molecule has 1 heterocycles. The molecule has 0 saturated carbocycles. The Bertz CT molecular complexity index is 595. The molecule has 1 aliphatic rings. The Morgan fingerprint density at radius 2 is 1.28 bits per heavy atom. The van der Waals surface area contributed by atoms with Gasteiger partial charge in [-0.3, -0.25) is 8.67 Å². The Kier molecular flexibility index (Phi) is 7.74. The summed E-state index contributed by atoms with van der Waals surface area (Å²) in [6, 6.07) is 10.3. The van der Waals surface area contributed by atoms with E-state index in [0.717, 1.165) is 20.9 Å². The number of rotatable bonds is 1. The van der Waals surface area contributed by atoms with Gasteiger partial charge in [0.05, 0.1) is 5.69 Å². The van der Waals surface area contributed by atoms with Crippen molar-refractivity contribution < 1.29 is 0 Å². The minimum atomic E-state index is -2.00. The molecule has 25 heavy (non-hydrogen) atoms. The fraction of sp³-hybridized carbons (Fsp3) is 0.667. The molecule has 1 aromatic rings. The molecule has 2 rings (SSSR count). The SMILES string of the molecule is CC(C)(C)N1[Si](C)(C)N(C(C)(C)C)P1(S)=Nc1ccccc1.[CH3][Al][CH3]. The standard InChI is InChI=1S/C16H30N3PSSi.2CH3.Al/c1-15(2,3)18-20(21,17-14-12-10-9-11-13-14)19(16(4,5)6)22(18,7)8;;;/h9-13,21H,1-8H3;2*1H3;. The van der Waals surface area contributed by atoms with E-state index in [0.29, 0.717) is 0 Å². The zero-order valence-electron chi connectivity index (χ0n) is 17.7. The average Bonchev–Trinajstić information content (AvgIpc) is 2.34. The molecule has 1 saturated heterocycles. The number of nitrogens with zero attached hydrogens (tertiary/aromatic N) is 3. The van der Waals surface area contributed by atoms with Gasteiger partial charge in [-0.1, -0.05) is 18.2 Å². The van der Waals surface area contributed by atoms with Crippen molar-refractivity contribution in [1.82, 2.24) is 8.67 Å². The van der Waals surface area contributed by atoms with Crippen LogP contribution in [0.25, 0.3) is 0 Å². The van der Waals surface area contributed by atoms with Crippen molar-refractivity contribution >= 4 is 48.1 Å². The number of benzene rings is 1. The fourth-order valence-corrected chi connectivity index (χ4v) is 21.7. The molecule has 0 spiro atoms. The van der Waals surface area contributed by atoms with Crippen molar-refractivity contribution in [2.24, 2.45) is 4.74 Å². The van der Waals surface area contributed by atoms with Crippen LogP contribution in [0.5, 0.6) is 0 Å². The monoisotopic (exact) mass is 412 g/mol. The summed E-state index contributed by atoms with van der Waals surface area (Å²) in [5.74, 6) is 4.42. The van der Waals surface area contributed by atoms with Gasteiger partial charge in [-0.15, -0.1) is 23.8 Å². The fourth-order valence-electron chi connectivity index (χ4n) is 3.98. The van der Waals surface area contributed by atoms with Gasteiger partial charge in [-0.25, -0.2) is 4.74 Å². The first-order valence-electron chi connectivity index (χ1n) is 8.98. The molecule has 3 nitrogen and oxygen atoms in total. The topological polar surface area (TPSA) is 18.8 Å². The van der Waals surface area contributed by atoms with Gasteiger partial charge >= 0.3 is 0 Å². The van der Waals surface area contributed by atoms with Gasteiger partial charge in [0.25, 0.3) is 0 Å². The van der Waals surface area contributed by atoms with E-state index in [4.69, 9.17) is 17.0 Å². The lowest BCUT2D eigenvalue weighted by atomic mass is 10.1. The molecule has 1 fully saturated rings. The molecule has 0 unspecified atom stereocenters. The molecule has 141 valence electrons. The van der Waals surface area contributed by atoms with E-state index in [2.05, 4.69) is 87.0 Å². The van der Waals surface area contributed by atoms with E-state index in [1.807, 2.05) is 18.2 Å². The average molecular weight is 413 g/mol. The highest BCUT2D eigenvalue weighted by Gasteiger charge is 2.65. The Balaban J connectivity index is 0.000000970. The molecule has 7 heteroatoms. The quantitative estimate of drug-likeness (QED) is 0.307. The second-order valence-corrected chi connectivity index (χ2v) is 18.5. The first-order chi connectivity index (χ1) is 11.2. The summed E-state index contributed by atoms with van der Waals surface area (Å²) in [6.07, 6.45) is 0. The van der Waals surface area contributed by atoms with Crippen molar-refractivity contribution in [1.29, 1.82) is 0 Å². The van der Waals surface area contributed by atoms with E-state index in [-0.39, 0.29) is 11.1 Å². The van der Waals surface area contributed by atoms with Crippen LogP contribution in [0, 0.1) is 0 Å². The summed E-state index contributed by atoms with van der Waals surface area (Å²) in [5.41, 5.74) is 1.18. The number of thiol groups is 1. The van der Waals surface area contributed by atoms with Crippen LogP contribution in [-0.4, -0.2) is 43.4 Å². The predicted octanol–water partition coefficient (Wildman–Crippen LogP) is 6.90. The zero-order chi connectivity index (χ0) is 19.7. The molecular formula is C18H36AlN3PSSi. The van der Waals surface area contributed by atoms with Gasteiger partial charge in [0.2, 0.25) is 8.40 Å². The van der Waals surface area contributed by atoms with Gasteiger partial charge in [-0.05, 0) is 66.8 Å². The molecule has 1 aromatic carbocycles. The maximum absolute atomic E-state index is 5.21. The van der Waals surface area contributed by atoms with E-state index < -0.39 is 15.0 Å². The maximum Gasteiger partial charge on any atom is 0.214 e. The van der Waals surface area contributed by atoms with Crippen molar-refractivity contribution in [3.8, 4) is 0 Å². The van der Waals surface area contributed by atoms with E-state index in [1.165, 1.54) is 0 Å². The van der Waals surface area contributed by atoms with E-state index >= 15 is 0 Å². The molecule has 1 aliphatic heterocycles. The van der Waals surface area contributed by atoms with Crippen LogP contribution < -0.4 is 0 Å². The van der Waals surface area contributed by atoms with Gasteiger partial charge < -0.3 is 0 Å². The third-order valence-corrected chi connectivity index (χ3v) is 17.0. The van der Waals surface area contributed by atoms with Crippen LogP contribution >= 0.6 is 18.8 Å². The minimum Gasteiger partial charge on any atom is -0.253 e. The van der Waals surface area contributed by atoms with Crippen molar-refractivity contribution in [2.75, 3.05) is 0 Å². The first kappa shape index (κ1) is 23.5. The lowest BCUT2D eigenvalue weighted by molar-refractivity contribution is 0.241. The van der Waals surface area contributed by atoms with Crippen molar-refractivity contribution in [2.45, 2.75) is 77.3 Å². The van der Waals surface area contributed by atoms with Crippen LogP contribution in [-0.2, 0) is 0 Å². The number of hydrogen-bond acceptors (Lipinski definition) is 1. The lowest BCUT2D eigenvalue weighted by Crippen LogP contribution is -2.77. The van der Waals surface area contributed by atoms with Gasteiger partial charge in [0.1, 0.15) is 6.56 Å². The molecule has 0 atom stereocenters. The van der Waals surface area contributed by atoms with E-state index in [9.17, 15) is 0 Å². The van der Waals surface area contributed by atoms with Gasteiger partial charge in [0, 0.05) is 11.1 Å². The molecule has 0 aromatic heterocycles. The summed E-state index contributed by atoms with van der Waals surface area (Å²) >= 11 is 5.96. The molecule has 0 N–H and O–H groups in total. The second-order valence-electron chi connectivity index (χ2n) is 9.01. The molecule has 0 bridgehead atoms. The van der Waals surface area contributed by atoms with Crippen molar-refractivity contribution in [3.05, 3.63) is 30.3 Å². The summed E-state index contributed by atoms with van der Waals surface area (Å²) in [4.78, 5) is 0. The second kappa shape index (κ2) is 8.23. The molecule has 0 amide bonds. The smallest absolute Gasteiger partial charge is 0.214 e. The lowest BCUT2D eigenvalue weighted by Gasteiger charge is -2.70. The number of hydrogen-bond donors (Lipinski definition) is 1. The molecular weight excluding hydrogens is 376 g/mol. The van der Waals surface area contributed by atoms with E-state index in [1.54, 1.807) is 0 Å². The van der Waals surface area contributed by atoms with Gasteiger partial charge in [0.15, 0.2) is 15.2 Å². The highest BCUT2D eigenvalue weighted by molar-refractivity contribution is 8.48. The van der Waals surface area contributed by atoms with Crippen molar-refractivity contribution in [3.63, 3.8) is 0 Å². The van der Waals surface area contributed by atoms with Crippen LogP contribution in [0.3, 0.4) is 0 Å². The zero-order valence-corrected chi connectivity index (χ0v) is 21.6. The third-order valence-electron chi connectivity index (χ3n) is 3.85. The van der Waals surface area contributed by atoms with Crippen LogP contribution in [0.4, 0.5) is 5.69 Å². The molecule has 0 aliphatic carbocycles. The largest absolute Gasteiger partial charge is 0.253 e. The van der Waals surface area contributed by atoms with Crippen LogP contribution in [0.1, 0.15) is 41.5 Å². The summed E-state index contributed by atoms with van der Waals surface area (Å²) in [6.45, 7) is 16.5. The van der Waals surface area contributed by atoms with Crippen LogP contribution in [0.2, 0.25) is 24.7 Å². The Morgan fingerprint density at radius 1 is 0.920 bits per heavy atom. The molecule has 1 radical (unpaired) electrons.